The molecule has 0 bridgehead atoms. The molecule has 0 spiro atoms. The molecule has 1 saturated carbocycles. The molecule has 7 heteroatoms. The van der Waals surface area contributed by atoms with Crippen molar-refractivity contribution in [3.63, 3.8) is 0 Å². The van der Waals surface area contributed by atoms with Crippen molar-refractivity contribution in [3.8, 4) is 11.8 Å². The van der Waals surface area contributed by atoms with Crippen LogP contribution >= 0.6 is 0 Å². The third-order valence-electron chi connectivity index (χ3n) is 5.27. The summed E-state index contributed by atoms with van der Waals surface area (Å²) in [4.78, 5) is 24.3. The van der Waals surface area contributed by atoms with Crippen LogP contribution in [0.2, 0.25) is 0 Å². The summed E-state index contributed by atoms with van der Waals surface area (Å²) in [5.74, 6) is 4.77. The smallest absolute Gasteiger partial charge is 0.267 e. The van der Waals surface area contributed by atoms with E-state index in [2.05, 4.69) is 46.7 Å². The second-order valence-corrected chi connectivity index (χ2v) is 8.78. The third-order valence-corrected chi connectivity index (χ3v) is 5.27. The lowest BCUT2D eigenvalue weighted by Crippen LogP contribution is -2.61. The van der Waals surface area contributed by atoms with Gasteiger partial charge in [-0.15, -0.1) is 0 Å². The standard InChI is InChI=1S/C26H30N4O3/c1-26(2,27)23(25(32)30-33)29-24(31)21-13-11-19(12-14-21)6-4-3-5-18-7-9-20(10-8-18)17-28-22-15-16-22/h3,5,7-14,22-23,28,33H,15-17,27H2,1-2H3,(H,29,31)(H,30,32)/t23-/m1/s1. The summed E-state index contributed by atoms with van der Waals surface area (Å²) in [5, 5.41) is 14.9. The molecule has 7 nitrogen and oxygen atoms in total. The lowest BCUT2D eigenvalue weighted by Gasteiger charge is -2.29. The number of hydrogen-bond donors (Lipinski definition) is 5. The normalized spacial score (nSPS) is 14.3. The molecule has 33 heavy (non-hydrogen) atoms. The molecule has 2 aromatic rings. The number of carbonyl (C=O) groups is 2. The van der Waals surface area contributed by atoms with Crippen LogP contribution in [-0.4, -0.2) is 34.6 Å². The zero-order valence-electron chi connectivity index (χ0n) is 18.9. The van der Waals surface area contributed by atoms with Gasteiger partial charge in [-0.25, -0.2) is 5.48 Å². The SMILES string of the molecule is CC(C)(N)[C@H](NC(=O)c1ccc(C#CC=Cc2ccc(CNC3CC3)cc2)cc1)C(=O)NO. The van der Waals surface area contributed by atoms with Gasteiger partial charge in [0.1, 0.15) is 6.04 Å². The summed E-state index contributed by atoms with van der Waals surface area (Å²) in [6.07, 6.45) is 6.31. The lowest BCUT2D eigenvalue weighted by atomic mass is 9.95. The number of allylic oxidation sites excluding steroid dienone is 1. The first-order valence-corrected chi connectivity index (χ1v) is 10.9. The van der Waals surface area contributed by atoms with E-state index >= 15 is 0 Å². The first kappa shape index (κ1) is 24.2. The van der Waals surface area contributed by atoms with Gasteiger partial charge in [-0.3, -0.25) is 14.8 Å². The highest BCUT2D eigenvalue weighted by atomic mass is 16.5. The van der Waals surface area contributed by atoms with E-state index in [0.29, 0.717) is 11.6 Å². The quantitative estimate of drug-likeness (QED) is 0.242. The summed E-state index contributed by atoms with van der Waals surface area (Å²) in [6.45, 7) is 4.07. The summed E-state index contributed by atoms with van der Waals surface area (Å²) in [5.41, 5.74) is 9.86. The predicted octanol–water partition coefficient (Wildman–Crippen LogP) is 2.34. The van der Waals surface area contributed by atoms with Crippen molar-refractivity contribution in [3.05, 3.63) is 76.9 Å². The Morgan fingerprint density at radius 1 is 1.15 bits per heavy atom. The molecular formula is C26H30N4O3. The molecule has 2 amide bonds. The van der Waals surface area contributed by atoms with Crippen LogP contribution in [0.1, 0.15) is 53.7 Å². The molecule has 0 saturated heterocycles. The number of hydroxylamine groups is 1. The van der Waals surface area contributed by atoms with Crippen molar-refractivity contribution in [2.45, 2.75) is 50.9 Å². The molecular weight excluding hydrogens is 416 g/mol. The van der Waals surface area contributed by atoms with E-state index in [-0.39, 0.29) is 0 Å². The molecule has 3 rings (SSSR count). The Morgan fingerprint density at radius 3 is 2.39 bits per heavy atom. The molecule has 1 aliphatic rings. The average Bonchev–Trinajstić information content (AvgIpc) is 3.63. The highest BCUT2D eigenvalue weighted by Crippen LogP contribution is 2.19. The van der Waals surface area contributed by atoms with Gasteiger partial charge in [0.15, 0.2) is 0 Å². The molecule has 1 atom stereocenters. The Labute approximate surface area is 194 Å². The number of nitrogens with two attached hydrogens (primary N) is 1. The number of carbonyl (C=O) groups excluding carboxylic acids is 2. The fourth-order valence-corrected chi connectivity index (χ4v) is 3.13. The maximum Gasteiger partial charge on any atom is 0.267 e. The van der Waals surface area contributed by atoms with E-state index in [1.807, 2.05) is 6.08 Å². The fraction of sp³-hybridized carbons (Fsp3) is 0.308. The van der Waals surface area contributed by atoms with Crippen LogP contribution in [0, 0.1) is 11.8 Å². The monoisotopic (exact) mass is 446 g/mol. The highest BCUT2D eigenvalue weighted by molar-refractivity contribution is 5.97. The van der Waals surface area contributed by atoms with Crippen LogP contribution in [0.4, 0.5) is 0 Å². The minimum atomic E-state index is -1.09. The maximum atomic E-state index is 12.5. The molecule has 0 unspecified atom stereocenters. The van der Waals surface area contributed by atoms with Gasteiger partial charge >= 0.3 is 0 Å². The topological polar surface area (TPSA) is 116 Å². The second kappa shape index (κ2) is 10.9. The van der Waals surface area contributed by atoms with Gasteiger partial charge in [0.2, 0.25) is 0 Å². The number of amides is 2. The van der Waals surface area contributed by atoms with Crippen LogP contribution < -0.4 is 21.8 Å². The minimum absolute atomic E-state index is 0.354. The Kier molecular flexibility index (Phi) is 8.01. The van der Waals surface area contributed by atoms with Gasteiger partial charge in [-0.1, -0.05) is 36.1 Å². The number of rotatable bonds is 8. The van der Waals surface area contributed by atoms with Gasteiger partial charge in [0.25, 0.3) is 11.8 Å². The number of hydrogen-bond acceptors (Lipinski definition) is 5. The first-order chi connectivity index (χ1) is 15.8. The second-order valence-electron chi connectivity index (χ2n) is 8.78. The molecule has 0 heterocycles. The zero-order valence-corrected chi connectivity index (χ0v) is 18.9. The predicted molar refractivity (Wildman–Crippen MR) is 128 cm³/mol. The van der Waals surface area contributed by atoms with Gasteiger partial charge in [0.05, 0.1) is 0 Å². The van der Waals surface area contributed by atoms with E-state index in [1.54, 1.807) is 44.2 Å². The molecule has 0 aromatic heterocycles. The summed E-state index contributed by atoms with van der Waals surface area (Å²) in [7, 11) is 0. The molecule has 0 aliphatic heterocycles. The Bertz CT molecular complexity index is 1050. The van der Waals surface area contributed by atoms with Crippen LogP contribution in [0.3, 0.4) is 0 Å². The molecule has 0 radical (unpaired) electrons. The van der Waals surface area contributed by atoms with Gasteiger partial charge in [-0.2, -0.15) is 0 Å². The first-order valence-electron chi connectivity index (χ1n) is 10.9. The van der Waals surface area contributed by atoms with Crippen molar-refractivity contribution in [1.82, 2.24) is 16.1 Å². The Balaban J connectivity index is 1.55. The van der Waals surface area contributed by atoms with E-state index < -0.39 is 23.4 Å². The van der Waals surface area contributed by atoms with Crippen LogP contribution in [0.15, 0.2) is 54.6 Å². The minimum Gasteiger partial charge on any atom is -0.338 e. The van der Waals surface area contributed by atoms with Gasteiger partial charge < -0.3 is 16.4 Å². The zero-order chi connectivity index (χ0) is 23.8. The molecule has 1 aliphatic carbocycles. The lowest BCUT2D eigenvalue weighted by molar-refractivity contribution is -0.132. The van der Waals surface area contributed by atoms with Crippen molar-refractivity contribution in [2.24, 2.45) is 5.73 Å². The van der Waals surface area contributed by atoms with Crippen molar-refractivity contribution >= 4 is 17.9 Å². The summed E-state index contributed by atoms with van der Waals surface area (Å²) >= 11 is 0. The third kappa shape index (κ3) is 7.58. The summed E-state index contributed by atoms with van der Waals surface area (Å²) in [6, 6.07) is 14.7. The van der Waals surface area contributed by atoms with E-state index in [4.69, 9.17) is 10.9 Å². The van der Waals surface area contributed by atoms with Crippen LogP contribution in [0.5, 0.6) is 0 Å². The number of benzene rings is 2. The van der Waals surface area contributed by atoms with Crippen LogP contribution in [0.25, 0.3) is 6.08 Å². The highest BCUT2D eigenvalue weighted by Gasteiger charge is 2.33. The van der Waals surface area contributed by atoms with E-state index in [1.165, 1.54) is 23.9 Å². The molecule has 172 valence electrons. The maximum absolute atomic E-state index is 12.5. The van der Waals surface area contributed by atoms with Crippen molar-refractivity contribution < 1.29 is 14.8 Å². The summed E-state index contributed by atoms with van der Waals surface area (Å²) < 4.78 is 0. The van der Waals surface area contributed by atoms with Gasteiger partial charge in [0, 0.05) is 29.3 Å². The number of nitrogens with one attached hydrogen (secondary N) is 3. The van der Waals surface area contributed by atoms with E-state index in [9.17, 15) is 9.59 Å². The Hall–Kier alpha value is -3.44. The molecule has 2 aromatic carbocycles. The Morgan fingerprint density at radius 2 is 1.82 bits per heavy atom. The van der Waals surface area contributed by atoms with Gasteiger partial charge in [-0.05, 0) is 74.2 Å². The van der Waals surface area contributed by atoms with Crippen LogP contribution in [-0.2, 0) is 11.3 Å². The van der Waals surface area contributed by atoms with Crippen molar-refractivity contribution in [2.75, 3.05) is 0 Å². The fourth-order valence-electron chi connectivity index (χ4n) is 3.13. The largest absolute Gasteiger partial charge is 0.338 e. The average molecular weight is 447 g/mol. The molecule has 6 N–H and O–H groups in total. The van der Waals surface area contributed by atoms with E-state index in [0.717, 1.165) is 17.7 Å². The molecule has 1 fully saturated rings. The van der Waals surface area contributed by atoms with Crippen molar-refractivity contribution in [1.29, 1.82) is 0 Å².